The Balaban J connectivity index is 1.74. The van der Waals surface area contributed by atoms with E-state index < -0.39 is 0 Å². The second-order valence-corrected chi connectivity index (χ2v) is 8.99. The standard InChI is InChI=1S/C28H38N2/c1-4-5-6-7-8-9-15-23-28(2,3)30(25-19-11-10-12-20-25)29-27-22-16-18-24-17-13-14-21-26(24)27/h10-14,16-22,29H,4-9,15,23H2,1-3H3. The van der Waals surface area contributed by atoms with E-state index in [-0.39, 0.29) is 5.54 Å². The fourth-order valence-corrected chi connectivity index (χ4v) is 4.21. The van der Waals surface area contributed by atoms with Gasteiger partial charge in [-0.3, -0.25) is 10.4 Å². The summed E-state index contributed by atoms with van der Waals surface area (Å²) in [6, 6.07) is 25.8. The predicted octanol–water partition coefficient (Wildman–Crippen LogP) is 8.59. The molecule has 0 saturated heterocycles. The topological polar surface area (TPSA) is 15.3 Å². The number of hydrogen-bond donors (Lipinski definition) is 1. The molecule has 1 N–H and O–H groups in total. The molecule has 0 aliphatic carbocycles. The van der Waals surface area contributed by atoms with Crippen LogP contribution in [0.15, 0.2) is 72.8 Å². The van der Waals surface area contributed by atoms with E-state index in [4.69, 9.17) is 0 Å². The number of para-hydroxylation sites is 1. The summed E-state index contributed by atoms with van der Waals surface area (Å²) in [6.45, 7) is 6.99. The molecular formula is C28H38N2. The van der Waals surface area contributed by atoms with Crippen molar-refractivity contribution in [1.29, 1.82) is 0 Å². The van der Waals surface area contributed by atoms with Crippen molar-refractivity contribution in [3.63, 3.8) is 0 Å². The lowest BCUT2D eigenvalue weighted by Crippen LogP contribution is -2.48. The first-order valence-electron chi connectivity index (χ1n) is 11.7. The average Bonchev–Trinajstić information content (AvgIpc) is 2.77. The molecule has 3 rings (SSSR count). The minimum absolute atomic E-state index is 0.00170. The fraction of sp³-hybridized carbons (Fsp3) is 0.429. The zero-order valence-corrected chi connectivity index (χ0v) is 19.0. The molecule has 30 heavy (non-hydrogen) atoms. The number of rotatable bonds is 12. The number of benzene rings is 3. The summed E-state index contributed by atoms with van der Waals surface area (Å²) in [5, 5.41) is 4.89. The highest BCUT2D eigenvalue weighted by molar-refractivity contribution is 5.94. The third-order valence-electron chi connectivity index (χ3n) is 6.03. The SMILES string of the molecule is CCCCCCCCCC(C)(C)N(Nc1cccc2ccccc12)c1ccccc1. The maximum Gasteiger partial charge on any atom is 0.0620 e. The molecule has 0 aliphatic rings. The van der Waals surface area contributed by atoms with Gasteiger partial charge in [-0.1, -0.05) is 106 Å². The number of nitrogens with one attached hydrogen (secondary N) is 1. The minimum atomic E-state index is 0.00170. The largest absolute Gasteiger partial charge is 0.297 e. The fourth-order valence-electron chi connectivity index (χ4n) is 4.21. The summed E-state index contributed by atoms with van der Waals surface area (Å²) in [5.41, 5.74) is 6.15. The van der Waals surface area contributed by atoms with Gasteiger partial charge in [-0.15, -0.1) is 0 Å². The van der Waals surface area contributed by atoms with Crippen molar-refractivity contribution >= 4 is 22.1 Å². The smallest absolute Gasteiger partial charge is 0.0620 e. The minimum Gasteiger partial charge on any atom is -0.297 e. The lowest BCUT2D eigenvalue weighted by Gasteiger charge is -2.41. The highest BCUT2D eigenvalue weighted by Gasteiger charge is 2.27. The maximum absolute atomic E-state index is 3.78. The summed E-state index contributed by atoms with van der Waals surface area (Å²) in [7, 11) is 0. The van der Waals surface area contributed by atoms with Crippen molar-refractivity contribution < 1.29 is 0 Å². The van der Waals surface area contributed by atoms with Crippen molar-refractivity contribution in [2.24, 2.45) is 0 Å². The Hall–Kier alpha value is -2.48. The van der Waals surface area contributed by atoms with E-state index >= 15 is 0 Å². The van der Waals surface area contributed by atoms with Gasteiger partial charge in [-0.2, -0.15) is 0 Å². The third-order valence-corrected chi connectivity index (χ3v) is 6.03. The van der Waals surface area contributed by atoms with Gasteiger partial charge in [0.1, 0.15) is 0 Å². The average molecular weight is 403 g/mol. The van der Waals surface area contributed by atoms with E-state index in [1.54, 1.807) is 0 Å². The van der Waals surface area contributed by atoms with Gasteiger partial charge >= 0.3 is 0 Å². The molecule has 0 aliphatic heterocycles. The Morgan fingerprint density at radius 1 is 0.700 bits per heavy atom. The number of unbranched alkanes of at least 4 members (excludes halogenated alkanes) is 6. The first-order valence-corrected chi connectivity index (χ1v) is 11.7. The second-order valence-electron chi connectivity index (χ2n) is 8.99. The predicted molar refractivity (Wildman–Crippen MR) is 133 cm³/mol. The first kappa shape index (κ1) is 22.2. The highest BCUT2D eigenvalue weighted by atomic mass is 15.5. The zero-order chi connectivity index (χ0) is 21.2. The van der Waals surface area contributed by atoms with Gasteiger partial charge < -0.3 is 0 Å². The molecule has 0 radical (unpaired) electrons. The molecule has 160 valence electrons. The first-order chi connectivity index (χ1) is 14.6. The van der Waals surface area contributed by atoms with Gasteiger partial charge in [0.05, 0.1) is 16.9 Å². The Bertz CT molecular complexity index is 880. The molecular weight excluding hydrogens is 364 g/mol. The van der Waals surface area contributed by atoms with Crippen LogP contribution in [0.5, 0.6) is 0 Å². The summed E-state index contributed by atoms with van der Waals surface area (Å²) in [4.78, 5) is 0. The zero-order valence-electron chi connectivity index (χ0n) is 19.0. The number of hydrazine groups is 1. The molecule has 2 nitrogen and oxygen atoms in total. The van der Waals surface area contributed by atoms with Crippen LogP contribution < -0.4 is 10.4 Å². The molecule has 2 heteroatoms. The lowest BCUT2D eigenvalue weighted by atomic mass is 9.94. The molecule has 0 bridgehead atoms. The quantitative estimate of drug-likeness (QED) is 0.241. The second kappa shape index (κ2) is 11.1. The summed E-state index contributed by atoms with van der Waals surface area (Å²) >= 11 is 0. The van der Waals surface area contributed by atoms with Gasteiger partial charge in [-0.25, -0.2) is 0 Å². The summed E-state index contributed by atoms with van der Waals surface area (Å²) < 4.78 is 0. The van der Waals surface area contributed by atoms with Crippen LogP contribution in [-0.2, 0) is 0 Å². The van der Waals surface area contributed by atoms with E-state index in [1.165, 1.54) is 61.4 Å². The van der Waals surface area contributed by atoms with Crippen LogP contribution in [0.1, 0.15) is 72.1 Å². The number of anilines is 2. The van der Waals surface area contributed by atoms with E-state index in [0.717, 1.165) is 12.1 Å². The van der Waals surface area contributed by atoms with Crippen LogP contribution in [0.4, 0.5) is 11.4 Å². The van der Waals surface area contributed by atoms with Gasteiger partial charge in [0.15, 0.2) is 0 Å². The molecule has 0 spiro atoms. The summed E-state index contributed by atoms with van der Waals surface area (Å²) in [5.74, 6) is 0. The van der Waals surface area contributed by atoms with Crippen molar-refractivity contribution in [3.05, 3.63) is 72.8 Å². The number of fused-ring (bicyclic) bond motifs is 1. The van der Waals surface area contributed by atoms with E-state index in [2.05, 4.69) is 104 Å². The lowest BCUT2D eigenvalue weighted by molar-refractivity contribution is 0.419. The van der Waals surface area contributed by atoms with Crippen molar-refractivity contribution in [2.45, 2.75) is 77.7 Å². The molecule has 0 atom stereocenters. The van der Waals surface area contributed by atoms with Crippen LogP contribution in [0.25, 0.3) is 10.8 Å². The van der Waals surface area contributed by atoms with Crippen LogP contribution in [0, 0.1) is 0 Å². The van der Waals surface area contributed by atoms with E-state index in [0.29, 0.717) is 0 Å². The molecule has 0 aromatic heterocycles. The summed E-state index contributed by atoms with van der Waals surface area (Å²) in [6.07, 6.45) is 10.6. The molecule has 0 fully saturated rings. The molecule has 3 aromatic rings. The van der Waals surface area contributed by atoms with Crippen molar-refractivity contribution in [3.8, 4) is 0 Å². The van der Waals surface area contributed by atoms with Gasteiger partial charge in [0.25, 0.3) is 0 Å². The van der Waals surface area contributed by atoms with Crippen LogP contribution >= 0.6 is 0 Å². The molecule has 3 aromatic carbocycles. The van der Waals surface area contributed by atoms with Crippen LogP contribution in [0.2, 0.25) is 0 Å². The molecule has 0 amide bonds. The number of nitrogens with zero attached hydrogens (tertiary/aromatic N) is 1. The molecule has 0 heterocycles. The van der Waals surface area contributed by atoms with Crippen LogP contribution in [-0.4, -0.2) is 5.54 Å². The number of hydrogen-bond acceptors (Lipinski definition) is 2. The van der Waals surface area contributed by atoms with Gasteiger partial charge in [0, 0.05) is 5.39 Å². The maximum atomic E-state index is 3.78. The Labute approximate surface area is 183 Å². The Morgan fingerprint density at radius 3 is 2.10 bits per heavy atom. The van der Waals surface area contributed by atoms with Crippen LogP contribution in [0.3, 0.4) is 0 Å². The van der Waals surface area contributed by atoms with Gasteiger partial charge in [0.2, 0.25) is 0 Å². The van der Waals surface area contributed by atoms with E-state index in [1.807, 2.05) is 0 Å². The van der Waals surface area contributed by atoms with Crippen molar-refractivity contribution in [2.75, 3.05) is 10.4 Å². The Morgan fingerprint density at radius 2 is 1.33 bits per heavy atom. The highest BCUT2D eigenvalue weighted by Crippen LogP contribution is 2.31. The normalized spacial score (nSPS) is 11.6. The van der Waals surface area contributed by atoms with E-state index in [9.17, 15) is 0 Å². The molecule has 0 unspecified atom stereocenters. The Kier molecular flexibility index (Phi) is 8.19. The monoisotopic (exact) mass is 402 g/mol. The molecule has 0 saturated carbocycles. The van der Waals surface area contributed by atoms with Gasteiger partial charge in [-0.05, 0) is 43.9 Å². The third kappa shape index (κ3) is 6.01. The van der Waals surface area contributed by atoms with Crippen molar-refractivity contribution in [1.82, 2.24) is 0 Å².